The number of para-hydroxylation sites is 1. The fourth-order valence-corrected chi connectivity index (χ4v) is 4.85. The van der Waals surface area contributed by atoms with Crippen molar-refractivity contribution in [1.82, 2.24) is 24.8 Å². The van der Waals surface area contributed by atoms with Crippen LogP contribution in [0, 0.1) is 0 Å². The standard InChI is InChI=1S/C26H33N7O/c1-17(2)32-15-22-24(16-32)29-26(33-10-9-31(19(4)34)14-18(33)3)30-25(22)28-13-20-11-21-7-5-6-8-23(21)27-12-20/h5-8,11-12,17-18H,9-10,13-16H2,1-4H3,(H,28,29,30). The molecular weight excluding hydrogens is 426 g/mol. The van der Waals surface area contributed by atoms with E-state index in [1.807, 2.05) is 29.3 Å². The molecule has 8 nitrogen and oxygen atoms in total. The van der Waals surface area contributed by atoms with Crippen molar-refractivity contribution in [2.45, 2.75) is 59.4 Å². The van der Waals surface area contributed by atoms with Gasteiger partial charge in [0.05, 0.1) is 11.2 Å². The Morgan fingerprint density at radius 1 is 1.18 bits per heavy atom. The third-order valence-electron chi connectivity index (χ3n) is 6.96. The smallest absolute Gasteiger partial charge is 0.227 e. The second-order valence-corrected chi connectivity index (χ2v) is 9.69. The van der Waals surface area contributed by atoms with Gasteiger partial charge < -0.3 is 15.1 Å². The molecule has 0 saturated carbocycles. The Hall–Kier alpha value is -3.26. The number of rotatable bonds is 5. The zero-order valence-corrected chi connectivity index (χ0v) is 20.5. The lowest BCUT2D eigenvalue weighted by Gasteiger charge is -2.39. The van der Waals surface area contributed by atoms with Gasteiger partial charge in [0, 0.05) is 75.4 Å². The van der Waals surface area contributed by atoms with Gasteiger partial charge in [0.1, 0.15) is 5.82 Å². The summed E-state index contributed by atoms with van der Waals surface area (Å²) in [6.45, 7) is 12.7. The summed E-state index contributed by atoms with van der Waals surface area (Å²) in [4.78, 5) is 33.0. The van der Waals surface area contributed by atoms with Crippen LogP contribution in [0.4, 0.5) is 11.8 Å². The van der Waals surface area contributed by atoms with Gasteiger partial charge in [-0.2, -0.15) is 4.98 Å². The quantitative estimate of drug-likeness (QED) is 0.626. The number of anilines is 2. The number of benzene rings is 1. The second kappa shape index (κ2) is 9.18. The molecule has 2 aliphatic heterocycles. The molecule has 3 aromatic rings. The summed E-state index contributed by atoms with van der Waals surface area (Å²) in [6, 6.07) is 11.0. The number of piperazine rings is 1. The molecule has 34 heavy (non-hydrogen) atoms. The Morgan fingerprint density at radius 3 is 2.76 bits per heavy atom. The predicted octanol–water partition coefficient (Wildman–Crippen LogP) is 3.42. The van der Waals surface area contributed by atoms with Gasteiger partial charge in [0.25, 0.3) is 0 Å². The Balaban J connectivity index is 1.42. The monoisotopic (exact) mass is 459 g/mol. The number of nitrogens with zero attached hydrogens (tertiary/aromatic N) is 6. The lowest BCUT2D eigenvalue weighted by Crippen LogP contribution is -2.53. The molecule has 5 rings (SSSR count). The number of aromatic nitrogens is 3. The molecule has 8 heteroatoms. The highest BCUT2D eigenvalue weighted by atomic mass is 16.2. The van der Waals surface area contributed by atoms with Crippen LogP contribution in [-0.2, 0) is 24.4 Å². The van der Waals surface area contributed by atoms with Gasteiger partial charge in [0.2, 0.25) is 11.9 Å². The highest BCUT2D eigenvalue weighted by Crippen LogP contribution is 2.31. The first-order valence-corrected chi connectivity index (χ1v) is 12.1. The van der Waals surface area contributed by atoms with Gasteiger partial charge in [0.15, 0.2) is 0 Å². The van der Waals surface area contributed by atoms with Gasteiger partial charge in [-0.1, -0.05) is 18.2 Å². The van der Waals surface area contributed by atoms with Gasteiger partial charge in [-0.25, -0.2) is 4.98 Å². The van der Waals surface area contributed by atoms with Crippen LogP contribution in [0.2, 0.25) is 0 Å². The molecule has 0 spiro atoms. The molecule has 178 valence electrons. The zero-order valence-electron chi connectivity index (χ0n) is 20.5. The molecule has 1 unspecified atom stereocenters. The van der Waals surface area contributed by atoms with Crippen LogP contribution in [0.1, 0.15) is 44.5 Å². The first-order chi connectivity index (χ1) is 16.4. The van der Waals surface area contributed by atoms with Crippen LogP contribution in [0.3, 0.4) is 0 Å². The van der Waals surface area contributed by atoms with Gasteiger partial charge >= 0.3 is 0 Å². The third-order valence-corrected chi connectivity index (χ3v) is 6.96. The van der Waals surface area contributed by atoms with E-state index in [9.17, 15) is 4.79 Å². The summed E-state index contributed by atoms with van der Waals surface area (Å²) >= 11 is 0. The molecule has 2 aromatic heterocycles. The van der Waals surface area contributed by atoms with Crippen LogP contribution in [0.15, 0.2) is 36.5 Å². The van der Waals surface area contributed by atoms with Crippen LogP contribution in [-0.4, -0.2) is 62.4 Å². The Bertz CT molecular complexity index is 1210. The first-order valence-electron chi connectivity index (χ1n) is 12.1. The molecule has 1 aromatic carbocycles. The fraction of sp³-hybridized carbons (Fsp3) is 0.462. The largest absolute Gasteiger partial charge is 0.365 e. The van der Waals surface area contributed by atoms with Crippen LogP contribution in [0.5, 0.6) is 0 Å². The van der Waals surface area contributed by atoms with E-state index in [-0.39, 0.29) is 11.9 Å². The average Bonchev–Trinajstić information content (AvgIpc) is 3.27. The number of nitrogens with one attached hydrogen (secondary N) is 1. The molecule has 0 radical (unpaired) electrons. The summed E-state index contributed by atoms with van der Waals surface area (Å²) in [5.74, 6) is 1.77. The molecular formula is C26H33N7O. The van der Waals surface area contributed by atoms with E-state index >= 15 is 0 Å². The van der Waals surface area contributed by atoms with E-state index in [2.05, 4.69) is 53.0 Å². The topological polar surface area (TPSA) is 77.5 Å². The van der Waals surface area contributed by atoms with Gasteiger partial charge in [-0.3, -0.25) is 14.7 Å². The van der Waals surface area contributed by atoms with Crippen molar-refractivity contribution in [3.05, 3.63) is 53.3 Å². The normalized spacial score (nSPS) is 18.6. The maximum absolute atomic E-state index is 11.9. The fourth-order valence-electron chi connectivity index (χ4n) is 4.85. The number of hydrogen-bond acceptors (Lipinski definition) is 7. The number of pyridine rings is 1. The highest BCUT2D eigenvalue weighted by molar-refractivity contribution is 5.78. The lowest BCUT2D eigenvalue weighted by atomic mass is 10.1. The zero-order chi connectivity index (χ0) is 23.8. The van der Waals surface area contributed by atoms with E-state index in [1.165, 1.54) is 5.56 Å². The molecule has 1 N–H and O–H groups in total. The van der Waals surface area contributed by atoms with Crippen molar-refractivity contribution in [3.8, 4) is 0 Å². The Labute approximate surface area is 201 Å². The number of carbonyl (C=O) groups excluding carboxylic acids is 1. The van der Waals surface area contributed by atoms with E-state index in [0.717, 1.165) is 53.6 Å². The van der Waals surface area contributed by atoms with E-state index in [0.29, 0.717) is 25.7 Å². The summed E-state index contributed by atoms with van der Waals surface area (Å²) in [7, 11) is 0. The van der Waals surface area contributed by atoms with Crippen LogP contribution >= 0.6 is 0 Å². The average molecular weight is 460 g/mol. The third kappa shape index (κ3) is 4.42. The molecule has 1 amide bonds. The van der Waals surface area contributed by atoms with Crippen molar-refractivity contribution < 1.29 is 4.79 Å². The number of fused-ring (bicyclic) bond motifs is 2. The van der Waals surface area contributed by atoms with Crippen molar-refractivity contribution in [2.75, 3.05) is 29.9 Å². The van der Waals surface area contributed by atoms with E-state index < -0.39 is 0 Å². The van der Waals surface area contributed by atoms with E-state index in [1.54, 1.807) is 6.92 Å². The number of amides is 1. The van der Waals surface area contributed by atoms with Crippen molar-refractivity contribution >= 4 is 28.6 Å². The molecule has 0 bridgehead atoms. The van der Waals surface area contributed by atoms with Crippen molar-refractivity contribution in [2.24, 2.45) is 0 Å². The minimum atomic E-state index is 0.125. The maximum Gasteiger partial charge on any atom is 0.227 e. The van der Waals surface area contributed by atoms with Crippen molar-refractivity contribution in [1.29, 1.82) is 0 Å². The highest BCUT2D eigenvalue weighted by Gasteiger charge is 2.31. The summed E-state index contributed by atoms with van der Waals surface area (Å²) < 4.78 is 0. The van der Waals surface area contributed by atoms with Crippen LogP contribution < -0.4 is 10.2 Å². The second-order valence-electron chi connectivity index (χ2n) is 9.69. The minimum Gasteiger partial charge on any atom is -0.365 e. The number of hydrogen-bond donors (Lipinski definition) is 1. The molecule has 1 fully saturated rings. The molecule has 1 saturated heterocycles. The van der Waals surface area contributed by atoms with Crippen LogP contribution in [0.25, 0.3) is 10.9 Å². The molecule has 0 aliphatic carbocycles. The molecule has 1 atom stereocenters. The Morgan fingerprint density at radius 2 is 2.00 bits per heavy atom. The SMILES string of the molecule is CC(=O)N1CCN(c2nc3c(c(NCc4cnc5ccccc5c4)n2)CN(C(C)C)C3)C(C)C1. The van der Waals surface area contributed by atoms with E-state index in [4.69, 9.17) is 9.97 Å². The lowest BCUT2D eigenvalue weighted by molar-refractivity contribution is -0.129. The van der Waals surface area contributed by atoms with Gasteiger partial charge in [-0.15, -0.1) is 0 Å². The summed E-state index contributed by atoms with van der Waals surface area (Å²) in [5, 5.41) is 4.74. The molecule has 2 aliphatic rings. The number of carbonyl (C=O) groups is 1. The van der Waals surface area contributed by atoms with Gasteiger partial charge in [-0.05, 0) is 38.5 Å². The minimum absolute atomic E-state index is 0.125. The first kappa shape index (κ1) is 22.5. The summed E-state index contributed by atoms with van der Waals surface area (Å²) in [5.41, 5.74) is 4.40. The molecule has 4 heterocycles. The predicted molar refractivity (Wildman–Crippen MR) is 135 cm³/mol. The summed E-state index contributed by atoms with van der Waals surface area (Å²) in [6.07, 6.45) is 1.93. The van der Waals surface area contributed by atoms with Crippen molar-refractivity contribution in [3.63, 3.8) is 0 Å². The Kier molecular flexibility index (Phi) is 6.08. The maximum atomic E-state index is 11.9.